The van der Waals surface area contributed by atoms with E-state index in [1.54, 1.807) is 6.07 Å². The number of hydrogen-bond acceptors (Lipinski definition) is 2. The van der Waals surface area contributed by atoms with Gasteiger partial charge in [-0.05, 0) is 43.2 Å². The van der Waals surface area contributed by atoms with Crippen LogP contribution in [0.25, 0.3) is 0 Å². The summed E-state index contributed by atoms with van der Waals surface area (Å²) < 4.78 is 13.3. The van der Waals surface area contributed by atoms with E-state index in [4.69, 9.17) is 0 Å². The zero-order chi connectivity index (χ0) is 13.8. The highest BCUT2D eigenvalue weighted by molar-refractivity contribution is 9.08. The third-order valence-electron chi connectivity index (χ3n) is 2.95. The average molecular weight is 323 g/mol. The SMILES string of the molecule is CCN(c1cccc(F)c1)c1ncc(CBr)cc1C. The van der Waals surface area contributed by atoms with Gasteiger partial charge < -0.3 is 4.90 Å². The monoisotopic (exact) mass is 322 g/mol. The molecule has 0 N–H and O–H groups in total. The molecule has 4 heteroatoms. The summed E-state index contributed by atoms with van der Waals surface area (Å²) in [5, 5.41) is 0.785. The van der Waals surface area contributed by atoms with E-state index in [2.05, 4.69) is 27.0 Å². The quantitative estimate of drug-likeness (QED) is 0.766. The lowest BCUT2D eigenvalue weighted by molar-refractivity contribution is 0.627. The van der Waals surface area contributed by atoms with Gasteiger partial charge in [-0.25, -0.2) is 9.37 Å². The summed E-state index contributed by atoms with van der Waals surface area (Å²) in [5.41, 5.74) is 3.05. The molecule has 0 aliphatic carbocycles. The molecule has 1 heterocycles. The number of anilines is 2. The van der Waals surface area contributed by atoms with Gasteiger partial charge in [0.05, 0.1) is 0 Å². The summed E-state index contributed by atoms with van der Waals surface area (Å²) in [7, 11) is 0. The molecule has 0 aliphatic heterocycles. The van der Waals surface area contributed by atoms with Gasteiger partial charge >= 0.3 is 0 Å². The Morgan fingerprint density at radius 1 is 1.32 bits per heavy atom. The van der Waals surface area contributed by atoms with Crippen LogP contribution in [0, 0.1) is 12.7 Å². The Balaban J connectivity index is 2.42. The highest BCUT2D eigenvalue weighted by Crippen LogP contribution is 2.27. The van der Waals surface area contributed by atoms with Crippen molar-refractivity contribution in [2.24, 2.45) is 0 Å². The lowest BCUT2D eigenvalue weighted by Gasteiger charge is -2.24. The highest BCUT2D eigenvalue weighted by Gasteiger charge is 2.12. The number of rotatable bonds is 4. The Bertz CT molecular complexity index is 572. The molecule has 1 aromatic heterocycles. The summed E-state index contributed by atoms with van der Waals surface area (Å²) in [5.74, 6) is 0.642. The van der Waals surface area contributed by atoms with Crippen LogP contribution in [-0.4, -0.2) is 11.5 Å². The second-order valence-electron chi connectivity index (χ2n) is 4.34. The van der Waals surface area contributed by atoms with Crippen molar-refractivity contribution in [2.75, 3.05) is 11.4 Å². The maximum atomic E-state index is 13.3. The third kappa shape index (κ3) is 3.13. The highest BCUT2D eigenvalue weighted by atomic mass is 79.9. The first-order valence-electron chi connectivity index (χ1n) is 6.20. The lowest BCUT2D eigenvalue weighted by Crippen LogP contribution is -2.18. The average Bonchev–Trinajstić information content (AvgIpc) is 2.41. The van der Waals surface area contributed by atoms with Crippen LogP contribution >= 0.6 is 15.9 Å². The molecule has 0 aliphatic rings. The minimum Gasteiger partial charge on any atom is -0.326 e. The summed E-state index contributed by atoms with van der Waals surface area (Å²) in [4.78, 5) is 6.51. The zero-order valence-corrected chi connectivity index (χ0v) is 12.6. The maximum Gasteiger partial charge on any atom is 0.135 e. The first kappa shape index (κ1) is 14.0. The largest absolute Gasteiger partial charge is 0.326 e. The van der Waals surface area contributed by atoms with Crippen LogP contribution in [0.5, 0.6) is 0 Å². The first-order chi connectivity index (χ1) is 9.15. The third-order valence-corrected chi connectivity index (χ3v) is 3.60. The van der Waals surface area contributed by atoms with Gasteiger partial charge in [0.1, 0.15) is 11.6 Å². The normalized spacial score (nSPS) is 10.5. The van der Waals surface area contributed by atoms with Crippen LogP contribution in [-0.2, 0) is 5.33 Å². The van der Waals surface area contributed by atoms with Crippen molar-refractivity contribution in [3.05, 3.63) is 53.5 Å². The van der Waals surface area contributed by atoms with Crippen molar-refractivity contribution in [3.63, 3.8) is 0 Å². The van der Waals surface area contributed by atoms with Crippen molar-refractivity contribution in [3.8, 4) is 0 Å². The number of halogens is 2. The van der Waals surface area contributed by atoms with E-state index in [1.165, 1.54) is 12.1 Å². The van der Waals surface area contributed by atoms with E-state index in [0.717, 1.165) is 34.5 Å². The maximum absolute atomic E-state index is 13.3. The summed E-state index contributed by atoms with van der Waals surface area (Å²) in [6, 6.07) is 8.69. The Kier molecular flexibility index (Phi) is 4.53. The molecule has 0 saturated heterocycles. The summed E-state index contributed by atoms with van der Waals surface area (Å²) >= 11 is 3.42. The number of pyridine rings is 1. The van der Waals surface area contributed by atoms with Crippen molar-refractivity contribution in [1.82, 2.24) is 4.98 Å². The van der Waals surface area contributed by atoms with E-state index in [1.807, 2.05) is 31.0 Å². The van der Waals surface area contributed by atoms with E-state index < -0.39 is 0 Å². The van der Waals surface area contributed by atoms with E-state index >= 15 is 0 Å². The molecule has 1 aromatic carbocycles. The van der Waals surface area contributed by atoms with Crippen LogP contribution in [0.3, 0.4) is 0 Å². The molecule has 0 bridgehead atoms. The molecular weight excluding hydrogens is 307 g/mol. The summed E-state index contributed by atoms with van der Waals surface area (Å²) in [6.45, 7) is 4.80. The van der Waals surface area contributed by atoms with Crippen molar-refractivity contribution < 1.29 is 4.39 Å². The fourth-order valence-corrected chi connectivity index (χ4v) is 2.39. The van der Waals surface area contributed by atoms with Gasteiger partial charge in [-0.15, -0.1) is 0 Å². The smallest absolute Gasteiger partial charge is 0.135 e. The molecule has 2 rings (SSSR count). The van der Waals surface area contributed by atoms with Gasteiger partial charge in [-0.3, -0.25) is 0 Å². The molecule has 0 radical (unpaired) electrons. The topological polar surface area (TPSA) is 16.1 Å². The molecule has 0 atom stereocenters. The predicted octanol–water partition coefficient (Wildman–Crippen LogP) is 4.58. The van der Waals surface area contributed by atoms with E-state index in [9.17, 15) is 4.39 Å². The molecular formula is C15H16BrFN2. The molecule has 0 unspecified atom stereocenters. The molecule has 0 fully saturated rings. The molecule has 19 heavy (non-hydrogen) atoms. The van der Waals surface area contributed by atoms with Gasteiger partial charge in [0.25, 0.3) is 0 Å². The van der Waals surface area contributed by atoms with Crippen LogP contribution in [0.1, 0.15) is 18.1 Å². The second kappa shape index (κ2) is 6.15. The van der Waals surface area contributed by atoms with Gasteiger partial charge in [0.15, 0.2) is 0 Å². The summed E-state index contributed by atoms with van der Waals surface area (Å²) in [6.07, 6.45) is 1.85. The number of benzene rings is 1. The van der Waals surface area contributed by atoms with E-state index in [-0.39, 0.29) is 5.82 Å². The van der Waals surface area contributed by atoms with Crippen LogP contribution < -0.4 is 4.90 Å². The van der Waals surface area contributed by atoms with Gasteiger partial charge in [-0.2, -0.15) is 0 Å². The van der Waals surface area contributed by atoms with Crippen LogP contribution in [0.4, 0.5) is 15.9 Å². The zero-order valence-electron chi connectivity index (χ0n) is 11.0. The Morgan fingerprint density at radius 3 is 2.68 bits per heavy atom. The molecule has 0 amide bonds. The fourth-order valence-electron chi connectivity index (χ4n) is 2.08. The number of alkyl halides is 1. The number of aryl methyl sites for hydroxylation is 1. The van der Waals surface area contributed by atoms with Gasteiger partial charge in [-0.1, -0.05) is 28.1 Å². The lowest BCUT2D eigenvalue weighted by atomic mass is 10.2. The minimum absolute atomic E-state index is 0.231. The molecule has 2 aromatic rings. The molecule has 2 nitrogen and oxygen atoms in total. The van der Waals surface area contributed by atoms with Crippen LogP contribution in [0.15, 0.2) is 36.5 Å². The van der Waals surface area contributed by atoms with Crippen molar-refractivity contribution in [2.45, 2.75) is 19.2 Å². The number of hydrogen-bond donors (Lipinski definition) is 0. The number of nitrogens with zero attached hydrogens (tertiary/aromatic N) is 2. The fraction of sp³-hybridized carbons (Fsp3) is 0.267. The standard InChI is InChI=1S/C15H16BrFN2/c1-3-19(14-6-4-5-13(17)8-14)15-11(2)7-12(9-16)10-18-15/h4-8,10H,3,9H2,1-2H3. The predicted molar refractivity (Wildman–Crippen MR) is 80.7 cm³/mol. The molecule has 0 saturated carbocycles. The number of aromatic nitrogens is 1. The Morgan fingerprint density at radius 2 is 2.11 bits per heavy atom. The Hall–Kier alpha value is -1.42. The van der Waals surface area contributed by atoms with Crippen molar-refractivity contribution >= 4 is 27.4 Å². The van der Waals surface area contributed by atoms with E-state index in [0.29, 0.717) is 0 Å². The minimum atomic E-state index is -0.231. The van der Waals surface area contributed by atoms with Crippen molar-refractivity contribution in [1.29, 1.82) is 0 Å². The van der Waals surface area contributed by atoms with Gasteiger partial charge in [0, 0.05) is 23.8 Å². The first-order valence-corrected chi connectivity index (χ1v) is 7.32. The Labute approximate surface area is 121 Å². The molecule has 0 spiro atoms. The van der Waals surface area contributed by atoms with Crippen LogP contribution in [0.2, 0.25) is 0 Å². The van der Waals surface area contributed by atoms with Gasteiger partial charge in [0.2, 0.25) is 0 Å². The second-order valence-corrected chi connectivity index (χ2v) is 4.90. The molecule has 100 valence electrons.